The van der Waals surface area contributed by atoms with E-state index in [1.165, 1.54) is 12.1 Å². The Morgan fingerprint density at radius 3 is 2.52 bits per heavy atom. The molecule has 3 aromatic heterocycles. The van der Waals surface area contributed by atoms with Crippen LogP contribution in [-0.2, 0) is 0 Å². The Hall–Kier alpha value is -2.74. The Morgan fingerprint density at radius 1 is 0.957 bits per heavy atom. The highest BCUT2D eigenvalue weighted by molar-refractivity contribution is 7.92. The third-order valence-corrected chi connectivity index (χ3v) is 3.81. The van der Waals surface area contributed by atoms with Crippen LogP contribution in [0.25, 0.3) is 28.0 Å². The third kappa shape index (κ3) is 2.46. The molecule has 8 heteroatoms. The molecule has 3 heterocycles. The van der Waals surface area contributed by atoms with Gasteiger partial charge in [0.1, 0.15) is 17.8 Å². The summed E-state index contributed by atoms with van der Waals surface area (Å²) in [4.78, 5) is 0. The second-order valence-corrected chi connectivity index (χ2v) is 5.40. The Morgan fingerprint density at radius 2 is 1.74 bits per heavy atom. The van der Waals surface area contributed by atoms with Crippen LogP contribution in [0, 0.1) is 5.82 Å². The predicted molar refractivity (Wildman–Crippen MR) is 83.7 cm³/mol. The van der Waals surface area contributed by atoms with Gasteiger partial charge in [-0.3, -0.25) is 4.40 Å². The van der Waals surface area contributed by atoms with E-state index in [1.54, 1.807) is 29.1 Å². The minimum absolute atomic E-state index is 0.00156. The number of halogens is 2. The Kier molecular flexibility index (Phi) is 3.30. The van der Waals surface area contributed by atoms with Gasteiger partial charge in [0.25, 0.3) is 0 Å². The number of aromatic nitrogens is 5. The standard InChI is InChI=1S/C15H9F2N5S/c16-12-4-1-10(2-5-12)15-13(8-22(20-15)23-17)11-3-6-14-19-18-9-21(14)7-11/h1-9H. The number of fused-ring (bicyclic) bond motifs is 1. The monoisotopic (exact) mass is 329 g/mol. The van der Waals surface area contributed by atoms with E-state index in [-0.39, 0.29) is 18.2 Å². The predicted octanol–water partition coefficient (Wildman–Crippen LogP) is 3.78. The van der Waals surface area contributed by atoms with Crippen molar-refractivity contribution in [2.45, 2.75) is 0 Å². The molecule has 0 aliphatic heterocycles. The van der Waals surface area contributed by atoms with Crippen molar-refractivity contribution < 1.29 is 8.28 Å². The van der Waals surface area contributed by atoms with Gasteiger partial charge in [-0.1, -0.05) is 0 Å². The Balaban J connectivity index is 1.89. The summed E-state index contributed by atoms with van der Waals surface area (Å²) in [5.41, 5.74) is 3.55. The summed E-state index contributed by atoms with van der Waals surface area (Å²) in [6.07, 6.45) is 5.02. The smallest absolute Gasteiger partial charge is 0.187 e. The van der Waals surface area contributed by atoms with Crippen LogP contribution < -0.4 is 0 Å². The lowest BCUT2D eigenvalue weighted by atomic mass is 10.0. The quantitative estimate of drug-likeness (QED) is 0.574. The molecular weight excluding hydrogens is 320 g/mol. The number of hydrogen-bond donors (Lipinski definition) is 0. The summed E-state index contributed by atoms with van der Waals surface area (Å²) in [7, 11) is 0. The van der Waals surface area contributed by atoms with Crippen LogP contribution in [0.3, 0.4) is 0 Å². The van der Waals surface area contributed by atoms with E-state index in [1.807, 2.05) is 18.3 Å². The molecule has 0 N–H and O–H groups in total. The average molecular weight is 329 g/mol. The zero-order chi connectivity index (χ0) is 15.8. The highest BCUT2D eigenvalue weighted by atomic mass is 32.2. The van der Waals surface area contributed by atoms with Gasteiger partial charge in [0.05, 0.1) is 0 Å². The molecule has 23 heavy (non-hydrogen) atoms. The summed E-state index contributed by atoms with van der Waals surface area (Å²) in [6.45, 7) is 0. The van der Waals surface area contributed by atoms with E-state index in [0.717, 1.165) is 15.2 Å². The van der Waals surface area contributed by atoms with Crippen molar-refractivity contribution in [3.05, 3.63) is 60.9 Å². The molecule has 114 valence electrons. The molecule has 1 aromatic carbocycles. The fraction of sp³-hybridized carbons (Fsp3) is 0. The maximum absolute atomic E-state index is 13.1. The summed E-state index contributed by atoms with van der Waals surface area (Å²) in [5.74, 6) is -0.333. The molecule has 0 saturated carbocycles. The van der Waals surface area contributed by atoms with Crippen molar-refractivity contribution in [1.82, 2.24) is 23.8 Å². The number of benzene rings is 1. The van der Waals surface area contributed by atoms with Crippen LogP contribution in [-0.4, -0.2) is 23.8 Å². The summed E-state index contributed by atoms with van der Waals surface area (Å²) in [6, 6.07) is 9.61. The van der Waals surface area contributed by atoms with Crippen molar-refractivity contribution in [2.75, 3.05) is 0 Å². The summed E-state index contributed by atoms with van der Waals surface area (Å²) in [5, 5.41) is 12.0. The maximum atomic E-state index is 13.1. The van der Waals surface area contributed by atoms with Crippen LogP contribution in [0.5, 0.6) is 0 Å². The molecule has 0 amide bonds. The zero-order valence-corrected chi connectivity index (χ0v) is 12.4. The molecule has 5 nitrogen and oxygen atoms in total. The molecule has 0 aliphatic carbocycles. The molecule has 4 rings (SSSR count). The fourth-order valence-corrected chi connectivity index (χ4v) is 2.67. The van der Waals surface area contributed by atoms with Gasteiger partial charge in [0.15, 0.2) is 18.0 Å². The van der Waals surface area contributed by atoms with Gasteiger partial charge in [-0.05, 0) is 36.4 Å². The van der Waals surface area contributed by atoms with Gasteiger partial charge in [0.2, 0.25) is 0 Å². The zero-order valence-electron chi connectivity index (χ0n) is 11.6. The van der Waals surface area contributed by atoms with Crippen molar-refractivity contribution in [3.8, 4) is 22.4 Å². The van der Waals surface area contributed by atoms with Crippen LogP contribution in [0.4, 0.5) is 8.28 Å². The van der Waals surface area contributed by atoms with Crippen LogP contribution >= 0.6 is 12.3 Å². The molecule has 0 spiro atoms. The molecule has 4 aromatic rings. The van der Waals surface area contributed by atoms with E-state index in [4.69, 9.17) is 0 Å². The van der Waals surface area contributed by atoms with Crippen LogP contribution in [0.1, 0.15) is 0 Å². The van der Waals surface area contributed by atoms with E-state index < -0.39 is 0 Å². The second-order valence-electron chi connectivity index (χ2n) is 4.88. The third-order valence-electron chi connectivity index (χ3n) is 3.48. The fourth-order valence-electron chi connectivity index (χ4n) is 2.41. The van der Waals surface area contributed by atoms with Crippen molar-refractivity contribution in [2.24, 2.45) is 0 Å². The van der Waals surface area contributed by atoms with Gasteiger partial charge < -0.3 is 0 Å². The van der Waals surface area contributed by atoms with Gasteiger partial charge in [-0.15, -0.1) is 14.1 Å². The molecule has 0 aliphatic rings. The highest BCUT2D eigenvalue weighted by Crippen LogP contribution is 2.32. The highest BCUT2D eigenvalue weighted by Gasteiger charge is 2.14. The number of nitrogens with zero attached hydrogens (tertiary/aromatic N) is 5. The topological polar surface area (TPSA) is 48.0 Å². The van der Waals surface area contributed by atoms with E-state index >= 15 is 0 Å². The van der Waals surface area contributed by atoms with Gasteiger partial charge in [0, 0.05) is 29.1 Å². The van der Waals surface area contributed by atoms with Crippen LogP contribution in [0.15, 0.2) is 55.1 Å². The first-order chi connectivity index (χ1) is 11.2. The molecule has 0 saturated heterocycles. The molecule has 0 fully saturated rings. The summed E-state index contributed by atoms with van der Waals surface area (Å²) >= 11 is 0.00156. The van der Waals surface area contributed by atoms with Gasteiger partial charge in [-0.2, -0.15) is 9.19 Å². The van der Waals surface area contributed by atoms with Gasteiger partial charge >= 0.3 is 0 Å². The van der Waals surface area contributed by atoms with Crippen LogP contribution in [0.2, 0.25) is 0 Å². The van der Waals surface area contributed by atoms with Crippen molar-refractivity contribution in [1.29, 1.82) is 0 Å². The molecule has 0 unspecified atom stereocenters. The Bertz CT molecular complexity index is 977. The average Bonchev–Trinajstić information content (AvgIpc) is 3.21. The number of hydrogen-bond acceptors (Lipinski definition) is 4. The number of rotatable bonds is 3. The lowest BCUT2D eigenvalue weighted by Crippen LogP contribution is -1.87. The largest absolute Gasteiger partial charge is 0.288 e. The van der Waals surface area contributed by atoms with E-state index in [9.17, 15) is 8.28 Å². The Labute approximate surface area is 134 Å². The first-order valence-corrected chi connectivity index (χ1v) is 7.36. The molecular formula is C15H9F2N5S. The van der Waals surface area contributed by atoms with Crippen molar-refractivity contribution >= 4 is 18.0 Å². The van der Waals surface area contributed by atoms with Crippen molar-refractivity contribution in [3.63, 3.8) is 0 Å². The minimum atomic E-state index is -0.333. The lowest BCUT2D eigenvalue weighted by Gasteiger charge is -2.03. The molecule has 0 bridgehead atoms. The SMILES string of the molecule is FSn1cc(-c2ccc3nncn3c2)c(-c2ccc(F)cc2)n1. The molecule has 0 radical (unpaired) electrons. The van der Waals surface area contributed by atoms with Gasteiger partial charge in [-0.25, -0.2) is 4.39 Å². The maximum Gasteiger partial charge on any atom is 0.187 e. The lowest BCUT2D eigenvalue weighted by molar-refractivity contribution is 0.628. The summed E-state index contributed by atoms with van der Waals surface area (Å²) < 4.78 is 29.0. The molecule has 0 atom stereocenters. The first-order valence-electron chi connectivity index (χ1n) is 6.69. The normalized spacial score (nSPS) is 11.2. The van der Waals surface area contributed by atoms with E-state index in [2.05, 4.69) is 15.3 Å². The second kappa shape index (κ2) is 5.47. The minimum Gasteiger partial charge on any atom is -0.288 e. The number of pyridine rings is 1. The van der Waals surface area contributed by atoms with E-state index in [0.29, 0.717) is 16.9 Å². The first kappa shape index (κ1) is 13.9.